The number of esters is 1. The lowest BCUT2D eigenvalue weighted by atomic mass is 10.1. The summed E-state index contributed by atoms with van der Waals surface area (Å²) in [4.78, 5) is 89.8. The maximum absolute atomic E-state index is 13.4. The van der Waals surface area contributed by atoms with Crippen LogP contribution in [0.5, 0.6) is 11.5 Å². The normalized spacial score (nSPS) is 23.4. The largest absolute Gasteiger partial charge is 0.504 e. The minimum Gasteiger partial charge on any atom is -0.504 e. The molecule has 3 aliphatic heterocycles. The van der Waals surface area contributed by atoms with Crippen molar-refractivity contribution < 1.29 is 82.2 Å². The molecule has 49 heavy (non-hydrogen) atoms. The van der Waals surface area contributed by atoms with E-state index in [1.807, 2.05) is 0 Å². The average Bonchev–Trinajstić information content (AvgIpc) is 3.76. The summed E-state index contributed by atoms with van der Waals surface area (Å²) in [6.45, 7) is -3.44. The number of sulfonamides is 1. The number of nitrogens with one attached hydrogen (secondary N) is 1. The second-order valence-electron chi connectivity index (χ2n) is 10.3. The summed E-state index contributed by atoms with van der Waals surface area (Å²) in [5.74, 6) is -11.4. The van der Waals surface area contributed by atoms with Crippen LogP contribution >= 0.6 is 11.3 Å². The molecule has 262 valence electrons. The number of hydrogen-bond acceptors (Lipinski definition) is 19. The van der Waals surface area contributed by atoms with Crippen molar-refractivity contribution in [2.24, 2.45) is 5.16 Å². The molecule has 3 aliphatic rings. The Bertz CT molecular complexity index is 1940. The Morgan fingerprint density at radius 1 is 1.16 bits per heavy atom. The van der Waals surface area contributed by atoms with Gasteiger partial charge in [0.2, 0.25) is 0 Å². The molecule has 2 fully saturated rings. The van der Waals surface area contributed by atoms with Crippen molar-refractivity contribution in [1.29, 1.82) is 0 Å². The molecular weight excluding hydrogens is 708 g/mol. The predicted molar refractivity (Wildman–Crippen MR) is 151 cm³/mol. The second kappa shape index (κ2) is 12.1. The van der Waals surface area contributed by atoms with E-state index in [0.29, 0.717) is 12.1 Å². The fourth-order valence-electron chi connectivity index (χ4n) is 4.78. The first-order valence-corrected chi connectivity index (χ1v) is 15.6. The van der Waals surface area contributed by atoms with Gasteiger partial charge in [-0.05, 0) is 6.07 Å². The Balaban J connectivity index is 1.40. The van der Waals surface area contributed by atoms with Crippen LogP contribution in [-0.2, 0) is 48.4 Å². The molecule has 25 heteroatoms. The summed E-state index contributed by atoms with van der Waals surface area (Å²) in [6.07, 6.45) is -1.22. The summed E-state index contributed by atoms with van der Waals surface area (Å²) in [7, 11) is -4.94. The number of aromatic hydroxyl groups is 2. The highest BCUT2D eigenvalue weighted by molar-refractivity contribution is 7.90. The number of cyclic esters (lactones) is 1. The molecule has 0 spiro atoms. The Hall–Kier alpha value is -5.63. The number of phenolic OH excluding ortho intramolecular Hbond substituents is 2. The standard InChI is InChI=1S/C24H22N6O17S2/c25-22-27-10(5-48-22)15(28-47-23(6-31,7-32)20(39)40)16(35)26-9-4-45-30(18(9)37)24(21(41)42)3-11(19(38)46-24)29-17(36)8-1-12(33)13(34)2-14(8)49(29,43)44/h1-2,5,9,11,31-34H,3-4,6-7H2,(H2,25,27)(H,26,35)(H,39,40)(H,41,42)/b28-15-/t9-,11-,24?/m0/s1. The Morgan fingerprint density at radius 3 is 2.39 bits per heavy atom. The maximum atomic E-state index is 13.4. The number of carbonyl (C=O) groups excluding carboxylic acids is 4. The quantitative estimate of drug-likeness (QED) is 0.0471. The van der Waals surface area contributed by atoms with Crippen LogP contribution in [-0.4, -0.2) is 138 Å². The molecule has 2 aromatic rings. The number of anilines is 1. The van der Waals surface area contributed by atoms with Gasteiger partial charge in [0.05, 0.1) is 25.2 Å². The van der Waals surface area contributed by atoms with Gasteiger partial charge in [0, 0.05) is 11.4 Å². The number of benzene rings is 1. The number of carbonyl (C=O) groups is 6. The van der Waals surface area contributed by atoms with Crippen molar-refractivity contribution in [3.05, 3.63) is 28.8 Å². The summed E-state index contributed by atoms with van der Waals surface area (Å²) >= 11 is 0.799. The molecule has 1 unspecified atom stereocenters. The van der Waals surface area contributed by atoms with Crippen LogP contribution in [0.2, 0.25) is 0 Å². The number of aliphatic hydroxyl groups excluding tert-OH is 2. The first kappa shape index (κ1) is 34.7. The first-order chi connectivity index (χ1) is 22.9. The van der Waals surface area contributed by atoms with E-state index in [0.717, 1.165) is 11.3 Å². The highest BCUT2D eigenvalue weighted by Gasteiger charge is 2.66. The topological polar surface area (TPSA) is 355 Å². The Kier molecular flexibility index (Phi) is 8.58. The number of amides is 3. The molecule has 0 aliphatic carbocycles. The lowest BCUT2D eigenvalue weighted by molar-refractivity contribution is -0.256. The van der Waals surface area contributed by atoms with E-state index in [1.165, 1.54) is 5.38 Å². The number of thiazole rings is 1. The molecule has 2 saturated heterocycles. The zero-order valence-corrected chi connectivity index (χ0v) is 25.7. The molecule has 3 amide bonds. The third-order valence-corrected chi connectivity index (χ3v) is 9.87. The third kappa shape index (κ3) is 5.47. The number of nitrogens with zero attached hydrogens (tertiary/aromatic N) is 4. The van der Waals surface area contributed by atoms with Gasteiger partial charge in [0.1, 0.15) is 23.2 Å². The van der Waals surface area contributed by atoms with Gasteiger partial charge in [0.25, 0.3) is 33.3 Å². The van der Waals surface area contributed by atoms with Crippen molar-refractivity contribution in [3.63, 3.8) is 0 Å². The molecule has 9 N–H and O–H groups in total. The number of aliphatic carboxylic acids is 2. The molecule has 23 nitrogen and oxygen atoms in total. The van der Waals surface area contributed by atoms with E-state index in [1.54, 1.807) is 0 Å². The van der Waals surface area contributed by atoms with E-state index in [2.05, 4.69) is 15.5 Å². The van der Waals surface area contributed by atoms with Crippen LogP contribution in [0.15, 0.2) is 27.6 Å². The van der Waals surface area contributed by atoms with Crippen molar-refractivity contribution >= 4 is 67.8 Å². The van der Waals surface area contributed by atoms with Gasteiger partial charge in [-0.15, -0.1) is 11.3 Å². The summed E-state index contributed by atoms with van der Waals surface area (Å²) in [5.41, 5.74) is -2.05. The van der Waals surface area contributed by atoms with Gasteiger partial charge in [0.15, 0.2) is 28.4 Å². The number of oxime groups is 1. The van der Waals surface area contributed by atoms with Crippen LogP contribution in [0, 0.1) is 0 Å². The smallest absolute Gasteiger partial charge is 0.372 e. The van der Waals surface area contributed by atoms with Gasteiger partial charge in [-0.3, -0.25) is 19.2 Å². The van der Waals surface area contributed by atoms with E-state index >= 15 is 0 Å². The van der Waals surface area contributed by atoms with E-state index < -0.39 is 123 Å². The second-order valence-corrected chi connectivity index (χ2v) is 13.0. The number of hydrogen-bond donors (Lipinski definition) is 8. The van der Waals surface area contributed by atoms with Crippen LogP contribution in [0.4, 0.5) is 5.13 Å². The predicted octanol–water partition coefficient (Wildman–Crippen LogP) is -4.14. The van der Waals surface area contributed by atoms with Crippen LogP contribution < -0.4 is 11.1 Å². The number of nitrogen functional groups attached to an aromatic ring is 1. The number of rotatable bonds is 11. The summed E-state index contributed by atoms with van der Waals surface area (Å²) in [5, 5.41) is 64.5. The molecule has 3 atom stereocenters. The monoisotopic (exact) mass is 730 g/mol. The molecule has 5 rings (SSSR count). The van der Waals surface area contributed by atoms with Crippen LogP contribution in [0.25, 0.3) is 0 Å². The van der Waals surface area contributed by atoms with E-state index in [-0.39, 0.29) is 20.2 Å². The molecule has 0 radical (unpaired) electrons. The third-order valence-electron chi connectivity index (χ3n) is 7.37. The number of ether oxygens (including phenoxy) is 1. The van der Waals surface area contributed by atoms with Gasteiger partial charge < -0.3 is 51.3 Å². The molecule has 0 saturated carbocycles. The van der Waals surface area contributed by atoms with Gasteiger partial charge in [-0.25, -0.2) is 32.1 Å². The number of nitrogens with two attached hydrogens (primary N) is 1. The zero-order chi connectivity index (χ0) is 36.2. The highest BCUT2D eigenvalue weighted by atomic mass is 32.2. The number of aromatic nitrogens is 1. The number of carboxylic acid groups (broad SMARTS) is 2. The van der Waals surface area contributed by atoms with Gasteiger partial charge >= 0.3 is 23.6 Å². The number of aliphatic hydroxyl groups is 2. The maximum Gasteiger partial charge on any atom is 0.372 e. The van der Waals surface area contributed by atoms with Crippen molar-refractivity contribution in [2.75, 3.05) is 25.6 Å². The number of phenols is 2. The SMILES string of the molecule is Nc1nc(/C(=N/OC(CO)(CO)C(=O)O)C(=O)N[C@H]2CON(C3(C(=O)O)C[C@H](N4C(=O)c5cc(O)c(O)cc5S4(=O)=O)C(=O)O3)C2=O)cs1. The Morgan fingerprint density at radius 2 is 1.82 bits per heavy atom. The van der Waals surface area contributed by atoms with Gasteiger partial charge in [-0.1, -0.05) is 5.16 Å². The van der Waals surface area contributed by atoms with E-state index in [9.17, 15) is 67.8 Å². The molecule has 1 aromatic carbocycles. The zero-order valence-electron chi connectivity index (χ0n) is 24.1. The molecule has 0 bridgehead atoms. The fourth-order valence-corrected chi connectivity index (χ4v) is 7.03. The minimum absolute atomic E-state index is 0.0262. The van der Waals surface area contributed by atoms with Gasteiger partial charge in [-0.2, -0.15) is 5.06 Å². The van der Waals surface area contributed by atoms with Crippen LogP contribution in [0.1, 0.15) is 22.5 Å². The van der Waals surface area contributed by atoms with Crippen molar-refractivity contribution in [1.82, 2.24) is 19.7 Å². The molecule has 1 aromatic heterocycles. The first-order valence-electron chi connectivity index (χ1n) is 13.3. The number of hydroxylamine groups is 2. The highest BCUT2D eigenvalue weighted by Crippen LogP contribution is 2.43. The van der Waals surface area contributed by atoms with Crippen LogP contribution in [0.3, 0.4) is 0 Å². The number of carboxylic acids is 2. The van der Waals surface area contributed by atoms with E-state index in [4.69, 9.17) is 20.1 Å². The molecular formula is C24H22N6O17S2. The number of fused-ring (bicyclic) bond motifs is 1. The van der Waals surface area contributed by atoms with Crippen molar-refractivity contribution in [3.8, 4) is 11.5 Å². The molecule has 4 heterocycles. The minimum atomic E-state index is -4.94. The average molecular weight is 731 g/mol. The fraction of sp³-hybridized carbons (Fsp3) is 0.333. The summed E-state index contributed by atoms with van der Waals surface area (Å²) < 4.78 is 31.4. The lowest BCUT2D eigenvalue weighted by Crippen LogP contribution is -2.57. The van der Waals surface area contributed by atoms with Crippen molar-refractivity contribution in [2.45, 2.75) is 34.7 Å². The lowest BCUT2D eigenvalue weighted by Gasteiger charge is -2.30. The summed E-state index contributed by atoms with van der Waals surface area (Å²) in [6, 6.07) is -2.82. The Labute approximate surface area is 275 Å².